The van der Waals surface area contributed by atoms with E-state index in [0.29, 0.717) is 5.41 Å². The van der Waals surface area contributed by atoms with Crippen LogP contribution in [0, 0.1) is 5.41 Å². The van der Waals surface area contributed by atoms with Crippen molar-refractivity contribution >= 4 is 28.1 Å². The number of rotatable bonds is 5. The molecule has 5 heterocycles. The molecule has 0 atom stereocenters. The van der Waals surface area contributed by atoms with Crippen molar-refractivity contribution in [3.63, 3.8) is 0 Å². The Hall–Kier alpha value is -3.71. The summed E-state index contributed by atoms with van der Waals surface area (Å²) in [6.45, 7) is 6.69. The first kappa shape index (κ1) is 22.7. The zero-order chi connectivity index (χ0) is 24.7. The molecule has 4 aromatic rings. The SMILES string of the molecule is C/C=C(/Nc1cc2cc(-c3cnn(C)c3)ccc2cn1)c1ccnc(N2CC3(CCN(C)CC3)C2)c1. The van der Waals surface area contributed by atoms with Crippen LogP contribution >= 0.6 is 0 Å². The van der Waals surface area contributed by atoms with Gasteiger partial charge in [0.25, 0.3) is 0 Å². The van der Waals surface area contributed by atoms with Gasteiger partial charge in [0.15, 0.2) is 0 Å². The molecule has 184 valence electrons. The maximum absolute atomic E-state index is 4.70. The number of hydrogen-bond donors (Lipinski definition) is 1. The van der Waals surface area contributed by atoms with Crippen molar-refractivity contribution in [3.05, 3.63) is 72.8 Å². The van der Waals surface area contributed by atoms with E-state index in [1.54, 1.807) is 0 Å². The predicted octanol–water partition coefficient (Wildman–Crippen LogP) is 5.04. The van der Waals surface area contributed by atoms with Crippen molar-refractivity contribution in [1.82, 2.24) is 24.6 Å². The van der Waals surface area contributed by atoms with Gasteiger partial charge in [-0.3, -0.25) is 4.68 Å². The lowest BCUT2D eigenvalue weighted by Gasteiger charge is -2.54. The van der Waals surface area contributed by atoms with E-state index in [9.17, 15) is 0 Å². The van der Waals surface area contributed by atoms with Gasteiger partial charge < -0.3 is 15.1 Å². The zero-order valence-electron chi connectivity index (χ0n) is 21.3. The predicted molar refractivity (Wildman–Crippen MR) is 147 cm³/mol. The van der Waals surface area contributed by atoms with E-state index in [0.717, 1.165) is 57.9 Å². The van der Waals surface area contributed by atoms with Crippen LogP contribution in [-0.4, -0.2) is 57.9 Å². The van der Waals surface area contributed by atoms with Crippen molar-refractivity contribution in [1.29, 1.82) is 0 Å². The van der Waals surface area contributed by atoms with Gasteiger partial charge in [-0.05, 0) is 75.1 Å². The van der Waals surface area contributed by atoms with Crippen LogP contribution in [0.2, 0.25) is 0 Å². The third-order valence-electron chi connectivity index (χ3n) is 7.79. The number of likely N-dealkylation sites (tertiary alicyclic amines) is 1. The number of aryl methyl sites for hydroxylation is 1. The number of pyridine rings is 2. The summed E-state index contributed by atoms with van der Waals surface area (Å²) < 4.78 is 1.83. The summed E-state index contributed by atoms with van der Waals surface area (Å²) in [7, 11) is 4.17. The number of fused-ring (bicyclic) bond motifs is 1. The zero-order valence-corrected chi connectivity index (χ0v) is 21.3. The number of anilines is 2. The molecule has 2 saturated heterocycles. The summed E-state index contributed by atoms with van der Waals surface area (Å²) in [4.78, 5) is 14.2. The highest BCUT2D eigenvalue weighted by Crippen LogP contribution is 2.42. The van der Waals surface area contributed by atoms with E-state index >= 15 is 0 Å². The Morgan fingerprint density at radius 2 is 1.78 bits per heavy atom. The summed E-state index contributed by atoms with van der Waals surface area (Å²) in [6.07, 6.45) is 12.5. The Morgan fingerprint density at radius 1 is 0.944 bits per heavy atom. The molecule has 36 heavy (non-hydrogen) atoms. The fraction of sp³-hybridized carbons (Fsp3) is 0.345. The highest BCUT2D eigenvalue weighted by Gasteiger charge is 2.44. The van der Waals surface area contributed by atoms with E-state index < -0.39 is 0 Å². The number of benzene rings is 1. The van der Waals surface area contributed by atoms with Gasteiger partial charge in [0, 0.05) is 66.4 Å². The lowest BCUT2D eigenvalue weighted by atomic mass is 9.72. The van der Waals surface area contributed by atoms with Crippen LogP contribution in [0.3, 0.4) is 0 Å². The van der Waals surface area contributed by atoms with Gasteiger partial charge in [0.05, 0.1) is 6.20 Å². The number of allylic oxidation sites excluding steroid dienone is 1. The third kappa shape index (κ3) is 4.35. The van der Waals surface area contributed by atoms with Crippen LogP contribution < -0.4 is 10.2 Å². The van der Waals surface area contributed by atoms with E-state index in [2.05, 4.69) is 81.6 Å². The second-order valence-electron chi connectivity index (χ2n) is 10.4. The van der Waals surface area contributed by atoms with Crippen molar-refractivity contribution in [2.75, 3.05) is 43.4 Å². The molecule has 0 saturated carbocycles. The van der Waals surface area contributed by atoms with Crippen molar-refractivity contribution in [2.45, 2.75) is 19.8 Å². The molecule has 7 heteroatoms. The van der Waals surface area contributed by atoms with Crippen LogP contribution in [0.4, 0.5) is 11.6 Å². The second-order valence-corrected chi connectivity index (χ2v) is 10.4. The Kier molecular flexibility index (Phi) is 5.72. The molecule has 0 amide bonds. The average molecular weight is 480 g/mol. The van der Waals surface area contributed by atoms with E-state index in [4.69, 9.17) is 4.98 Å². The molecule has 0 aliphatic carbocycles. The Labute approximate surface area is 212 Å². The number of piperidine rings is 1. The molecule has 2 fully saturated rings. The van der Waals surface area contributed by atoms with Gasteiger partial charge in [-0.15, -0.1) is 0 Å². The topological polar surface area (TPSA) is 62.1 Å². The van der Waals surface area contributed by atoms with Crippen LogP contribution in [0.15, 0.2) is 67.3 Å². The molecule has 0 unspecified atom stereocenters. The lowest BCUT2D eigenvalue weighted by Crippen LogP contribution is -2.60. The molecule has 0 bridgehead atoms. The quantitative estimate of drug-likeness (QED) is 0.433. The van der Waals surface area contributed by atoms with Gasteiger partial charge in [-0.25, -0.2) is 9.97 Å². The molecule has 3 aromatic heterocycles. The van der Waals surface area contributed by atoms with E-state index in [1.165, 1.54) is 25.9 Å². The van der Waals surface area contributed by atoms with Gasteiger partial charge in [0.1, 0.15) is 11.6 Å². The van der Waals surface area contributed by atoms with Crippen molar-refractivity contribution in [3.8, 4) is 11.1 Å². The minimum atomic E-state index is 0.482. The van der Waals surface area contributed by atoms with Crippen LogP contribution in [0.1, 0.15) is 25.3 Å². The number of aromatic nitrogens is 4. The molecule has 1 N–H and O–H groups in total. The molecule has 6 rings (SSSR count). The minimum absolute atomic E-state index is 0.482. The lowest BCUT2D eigenvalue weighted by molar-refractivity contribution is 0.0900. The molecule has 0 radical (unpaired) electrons. The largest absolute Gasteiger partial charge is 0.355 e. The molecule has 2 aliphatic rings. The molecule has 1 spiro atoms. The third-order valence-corrected chi connectivity index (χ3v) is 7.79. The maximum Gasteiger partial charge on any atom is 0.130 e. The van der Waals surface area contributed by atoms with Crippen LogP contribution in [0.25, 0.3) is 27.6 Å². The molecule has 2 aliphatic heterocycles. The highest BCUT2D eigenvalue weighted by atomic mass is 15.3. The van der Waals surface area contributed by atoms with Crippen LogP contribution in [-0.2, 0) is 7.05 Å². The normalized spacial score (nSPS) is 18.0. The summed E-state index contributed by atoms with van der Waals surface area (Å²) in [5, 5.41) is 10.1. The summed E-state index contributed by atoms with van der Waals surface area (Å²) >= 11 is 0. The van der Waals surface area contributed by atoms with Crippen molar-refractivity contribution in [2.24, 2.45) is 12.5 Å². The number of hydrogen-bond acceptors (Lipinski definition) is 6. The highest BCUT2D eigenvalue weighted by molar-refractivity contribution is 5.89. The maximum atomic E-state index is 4.70. The van der Waals surface area contributed by atoms with E-state index in [-0.39, 0.29) is 0 Å². The smallest absolute Gasteiger partial charge is 0.130 e. The molecular formula is C29H33N7. The van der Waals surface area contributed by atoms with Crippen molar-refractivity contribution < 1.29 is 0 Å². The summed E-state index contributed by atoms with van der Waals surface area (Å²) in [6, 6.07) is 12.8. The minimum Gasteiger partial charge on any atom is -0.355 e. The fourth-order valence-corrected chi connectivity index (χ4v) is 5.50. The first-order valence-corrected chi connectivity index (χ1v) is 12.7. The summed E-state index contributed by atoms with van der Waals surface area (Å²) in [5.74, 6) is 1.89. The first-order valence-electron chi connectivity index (χ1n) is 12.7. The Bertz CT molecular complexity index is 1420. The number of nitrogens with one attached hydrogen (secondary N) is 1. The van der Waals surface area contributed by atoms with Crippen LogP contribution in [0.5, 0.6) is 0 Å². The second kappa shape index (κ2) is 9.06. The van der Waals surface area contributed by atoms with Gasteiger partial charge in [-0.1, -0.05) is 18.2 Å². The molecule has 7 nitrogen and oxygen atoms in total. The summed E-state index contributed by atoms with van der Waals surface area (Å²) in [5.41, 5.74) is 4.89. The monoisotopic (exact) mass is 479 g/mol. The average Bonchev–Trinajstić information content (AvgIpc) is 3.32. The Balaban J connectivity index is 1.20. The molecular weight excluding hydrogens is 446 g/mol. The van der Waals surface area contributed by atoms with Gasteiger partial charge in [0.2, 0.25) is 0 Å². The Morgan fingerprint density at radius 3 is 2.53 bits per heavy atom. The van der Waals surface area contributed by atoms with E-state index in [1.807, 2.05) is 36.5 Å². The van der Waals surface area contributed by atoms with Gasteiger partial charge in [-0.2, -0.15) is 5.10 Å². The first-order chi connectivity index (χ1) is 17.5. The molecule has 1 aromatic carbocycles. The number of nitrogens with zero attached hydrogens (tertiary/aromatic N) is 6. The van der Waals surface area contributed by atoms with Gasteiger partial charge >= 0.3 is 0 Å². The fourth-order valence-electron chi connectivity index (χ4n) is 5.50. The standard InChI is InChI=1S/C29H33N7/c1-4-26(22-7-10-30-28(15-22)36-19-29(20-36)8-11-34(2)12-9-29)33-27-14-24-13-21(5-6-23(24)16-31-27)25-17-32-35(3)18-25/h4-7,10,13-18H,8-9,11-12,19-20H2,1-3H3,(H,31,33)/b26-4+.